The number of benzene rings is 2. The van der Waals surface area contributed by atoms with Crippen molar-refractivity contribution in [2.24, 2.45) is 5.41 Å². The molecule has 3 aromatic rings. The number of piperazine rings is 1. The van der Waals surface area contributed by atoms with Crippen molar-refractivity contribution in [3.63, 3.8) is 0 Å². The lowest BCUT2D eigenvalue weighted by Gasteiger charge is -2.36. The molecule has 2 fully saturated rings. The first-order valence-electron chi connectivity index (χ1n) is 14.2. The summed E-state index contributed by atoms with van der Waals surface area (Å²) >= 11 is 3.73. The number of hydrogen-bond acceptors (Lipinski definition) is 8. The molecule has 0 bridgehead atoms. The van der Waals surface area contributed by atoms with E-state index in [1.54, 1.807) is 5.06 Å². The van der Waals surface area contributed by atoms with Crippen molar-refractivity contribution >= 4 is 50.7 Å². The maximum atomic E-state index is 12.2. The Morgan fingerprint density at radius 1 is 0.975 bits per heavy atom. The van der Waals surface area contributed by atoms with Gasteiger partial charge in [0.05, 0.1) is 23.0 Å². The van der Waals surface area contributed by atoms with Gasteiger partial charge < -0.3 is 20.0 Å². The molecule has 0 amide bonds. The van der Waals surface area contributed by atoms with E-state index in [1.165, 1.54) is 19.3 Å². The van der Waals surface area contributed by atoms with Gasteiger partial charge in [-0.25, -0.2) is 9.78 Å². The number of nitrogens with one attached hydrogen (secondary N) is 1. The van der Waals surface area contributed by atoms with Crippen molar-refractivity contribution in [3.05, 3.63) is 65.3 Å². The van der Waals surface area contributed by atoms with Crippen LogP contribution in [0.2, 0.25) is 0 Å². The molecule has 2 heterocycles. The summed E-state index contributed by atoms with van der Waals surface area (Å²) in [5.74, 6) is 1.26. The van der Waals surface area contributed by atoms with Gasteiger partial charge in [0.1, 0.15) is 0 Å². The molecule has 1 aliphatic heterocycles. The average Bonchev–Trinajstić information content (AvgIpc) is 2.96. The zero-order chi connectivity index (χ0) is 28.1. The Morgan fingerprint density at radius 2 is 1.65 bits per heavy atom. The minimum Gasteiger partial charge on any atom is -0.369 e. The first kappa shape index (κ1) is 28.4. The van der Waals surface area contributed by atoms with Crippen molar-refractivity contribution < 1.29 is 9.63 Å². The number of rotatable bonds is 7. The van der Waals surface area contributed by atoms with Crippen molar-refractivity contribution in [2.45, 2.75) is 58.9 Å². The standard InChI is InChI=1S/C31H39BrN6O2/c1-31(2,3)29(39)40-37-20-18-36(19-21-37)24-16-14-23(15-17-24)34-30-33-22-27(32)28(35-30)38(25-10-6-4-7-11-25)26-12-8-5-9-13-26/h4,6-7,10-11,14-17,22,26H,5,8-9,12-13,18-21H2,1-3H3,(H,33,34,35). The smallest absolute Gasteiger partial charge is 0.330 e. The third kappa shape index (κ3) is 6.93. The molecule has 9 heteroatoms. The van der Waals surface area contributed by atoms with E-state index in [4.69, 9.17) is 9.82 Å². The number of aromatic nitrogens is 2. The predicted octanol–water partition coefficient (Wildman–Crippen LogP) is 7.08. The maximum absolute atomic E-state index is 12.2. The molecule has 0 radical (unpaired) electrons. The second-order valence-electron chi connectivity index (χ2n) is 11.6. The van der Waals surface area contributed by atoms with Gasteiger partial charge in [0.2, 0.25) is 5.95 Å². The molecule has 212 valence electrons. The van der Waals surface area contributed by atoms with Crippen molar-refractivity contribution in [1.82, 2.24) is 15.0 Å². The molecule has 0 unspecified atom stereocenters. The first-order chi connectivity index (χ1) is 19.3. The summed E-state index contributed by atoms with van der Waals surface area (Å²) in [5, 5.41) is 5.17. The summed E-state index contributed by atoms with van der Waals surface area (Å²) in [5.41, 5.74) is 2.71. The minimum atomic E-state index is -0.505. The third-order valence-electron chi connectivity index (χ3n) is 7.48. The first-order valence-corrected chi connectivity index (χ1v) is 15.0. The summed E-state index contributed by atoms with van der Waals surface area (Å²) in [6, 6.07) is 19.3. The van der Waals surface area contributed by atoms with E-state index in [2.05, 4.69) is 90.6 Å². The summed E-state index contributed by atoms with van der Waals surface area (Å²) in [4.78, 5) is 32.0. The fraction of sp³-hybridized carbons (Fsp3) is 0.452. The monoisotopic (exact) mass is 606 g/mol. The molecule has 1 saturated carbocycles. The number of hydroxylamine groups is 2. The fourth-order valence-corrected chi connectivity index (χ4v) is 5.58. The van der Waals surface area contributed by atoms with E-state index in [0.717, 1.165) is 53.3 Å². The van der Waals surface area contributed by atoms with Crippen LogP contribution in [0.4, 0.5) is 28.8 Å². The fourth-order valence-electron chi connectivity index (χ4n) is 5.20. The van der Waals surface area contributed by atoms with Crippen LogP contribution >= 0.6 is 15.9 Å². The maximum Gasteiger partial charge on any atom is 0.330 e. The van der Waals surface area contributed by atoms with E-state index in [-0.39, 0.29) is 5.97 Å². The van der Waals surface area contributed by atoms with Crippen LogP contribution in [0.3, 0.4) is 0 Å². The highest BCUT2D eigenvalue weighted by Gasteiger charge is 2.28. The molecule has 0 spiro atoms. The average molecular weight is 608 g/mol. The molecule has 1 aromatic heterocycles. The molecular formula is C31H39BrN6O2. The molecule has 1 saturated heterocycles. The van der Waals surface area contributed by atoms with Crippen LogP contribution in [0.1, 0.15) is 52.9 Å². The van der Waals surface area contributed by atoms with Gasteiger partial charge in [-0.3, -0.25) is 0 Å². The van der Waals surface area contributed by atoms with Crippen molar-refractivity contribution in [3.8, 4) is 0 Å². The van der Waals surface area contributed by atoms with Crippen LogP contribution in [0.25, 0.3) is 0 Å². The SMILES string of the molecule is CC(C)(C)C(=O)ON1CCN(c2ccc(Nc3ncc(Br)c(N(c4ccccc4)C4CCCCC4)n3)cc2)CC1. The van der Waals surface area contributed by atoms with Gasteiger partial charge in [-0.15, -0.1) is 5.06 Å². The zero-order valence-electron chi connectivity index (χ0n) is 23.6. The number of carbonyl (C=O) groups excluding carboxylic acids is 1. The predicted molar refractivity (Wildman–Crippen MR) is 164 cm³/mol. The summed E-state index contributed by atoms with van der Waals surface area (Å²) < 4.78 is 0.884. The van der Waals surface area contributed by atoms with E-state index in [0.29, 0.717) is 25.1 Å². The van der Waals surface area contributed by atoms with Crippen molar-refractivity contribution in [1.29, 1.82) is 0 Å². The van der Waals surface area contributed by atoms with Gasteiger partial charge >= 0.3 is 5.97 Å². The molecule has 8 nitrogen and oxygen atoms in total. The van der Waals surface area contributed by atoms with E-state index in [1.807, 2.05) is 27.0 Å². The number of anilines is 5. The van der Waals surface area contributed by atoms with Crippen LogP contribution in [0, 0.1) is 5.41 Å². The second kappa shape index (κ2) is 12.6. The molecule has 40 heavy (non-hydrogen) atoms. The Bertz CT molecular complexity index is 1270. The lowest BCUT2D eigenvalue weighted by molar-refractivity contribution is -0.201. The minimum absolute atomic E-state index is 0.194. The van der Waals surface area contributed by atoms with Gasteiger partial charge in [0, 0.05) is 42.4 Å². The van der Waals surface area contributed by atoms with Gasteiger partial charge in [0.25, 0.3) is 0 Å². The van der Waals surface area contributed by atoms with E-state index in [9.17, 15) is 4.79 Å². The quantitative estimate of drug-likeness (QED) is 0.306. The van der Waals surface area contributed by atoms with Gasteiger partial charge in [-0.2, -0.15) is 4.98 Å². The summed E-state index contributed by atoms with van der Waals surface area (Å²) in [6.07, 6.45) is 7.93. The highest BCUT2D eigenvalue weighted by Crippen LogP contribution is 2.37. The number of para-hydroxylation sites is 1. The van der Waals surface area contributed by atoms with Crippen LogP contribution in [-0.4, -0.2) is 53.2 Å². The van der Waals surface area contributed by atoms with E-state index >= 15 is 0 Å². The Labute approximate surface area is 245 Å². The van der Waals surface area contributed by atoms with Gasteiger partial charge in [-0.05, 0) is 85.9 Å². The molecular weight excluding hydrogens is 568 g/mol. The van der Waals surface area contributed by atoms with Crippen LogP contribution in [0.5, 0.6) is 0 Å². The summed E-state index contributed by atoms with van der Waals surface area (Å²) in [6.45, 7) is 8.55. The Kier molecular flexibility index (Phi) is 8.90. The normalized spacial score (nSPS) is 16.9. The lowest BCUT2D eigenvalue weighted by Crippen LogP contribution is -2.48. The topological polar surface area (TPSA) is 73.8 Å². The Balaban J connectivity index is 1.26. The van der Waals surface area contributed by atoms with Gasteiger partial charge in [0.15, 0.2) is 5.82 Å². The molecule has 1 N–H and O–H groups in total. The second-order valence-corrected chi connectivity index (χ2v) is 12.4. The third-order valence-corrected chi connectivity index (χ3v) is 8.04. The van der Waals surface area contributed by atoms with Crippen LogP contribution in [-0.2, 0) is 9.63 Å². The zero-order valence-corrected chi connectivity index (χ0v) is 25.2. The Morgan fingerprint density at radius 3 is 2.30 bits per heavy atom. The number of hydrogen-bond donors (Lipinski definition) is 1. The van der Waals surface area contributed by atoms with Crippen LogP contribution in [0.15, 0.2) is 65.3 Å². The highest BCUT2D eigenvalue weighted by atomic mass is 79.9. The molecule has 0 atom stereocenters. The lowest BCUT2D eigenvalue weighted by atomic mass is 9.93. The number of nitrogens with zero attached hydrogens (tertiary/aromatic N) is 5. The summed E-state index contributed by atoms with van der Waals surface area (Å²) in [7, 11) is 0. The Hall–Kier alpha value is -3.17. The molecule has 2 aromatic carbocycles. The highest BCUT2D eigenvalue weighted by molar-refractivity contribution is 9.10. The van der Waals surface area contributed by atoms with Crippen molar-refractivity contribution in [2.75, 3.05) is 41.3 Å². The van der Waals surface area contributed by atoms with Gasteiger partial charge in [-0.1, -0.05) is 37.5 Å². The molecule has 5 rings (SSSR count). The largest absolute Gasteiger partial charge is 0.369 e. The number of halogens is 1. The number of carbonyl (C=O) groups is 1. The molecule has 2 aliphatic rings. The molecule has 1 aliphatic carbocycles. The van der Waals surface area contributed by atoms with Crippen LogP contribution < -0.4 is 15.1 Å². The van der Waals surface area contributed by atoms with E-state index < -0.39 is 5.41 Å².